The number of rotatable bonds is 5. The van der Waals surface area contributed by atoms with Crippen LogP contribution in [0.4, 0.5) is 5.82 Å². The van der Waals surface area contributed by atoms with Gasteiger partial charge in [-0.05, 0) is 43.7 Å². The zero-order chi connectivity index (χ0) is 21.4. The number of furan rings is 1. The number of hydrogen-bond donors (Lipinski definition) is 1. The summed E-state index contributed by atoms with van der Waals surface area (Å²) in [6.07, 6.45) is 4.63. The molecule has 0 saturated heterocycles. The van der Waals surface area contributed by atoms with E-state index in [1.54, 1.807) is 10.8 Å². The molecular formula is C26H24N3O2+. The van der Waals surface area contributed by atoms with Gasteiger partial charge in [-0.15, -0.1) is 0 Å². The standard InChI is InChI=1S/C26H23N3O2/c1-17-11-18(2)13-20(12-17)24-16-29-25(22(27-24)14-19-7-4-3-5-8-19)28-23(26(29)30)15-21-9-6-10-31-21/h3-13,16,23H,14-15H2,1-2H3/p+1. The van der Waals surface area contributed by atoms with Crippen molar-refractivity contribution in [2.24, 2.45) is 0 Å². The quantitative estimate of drug-likeness (QED) is 0.492. The predicted molar refractivity (Wildman–Crippen MR) is 119 cm³/mol. The lowest BCUT2D eigenvalue weighted by Gasteiger charge is -2.08. The third kappa shape index (κ3) is 3.87. The Morgan fingerprint density at radius 2 is 1.81 bits per heavy atom. The maximum absolute atomic E-state index is 13.3. The number of aromatic nitrogens is 2. The largest absolute Gasteiger partial charge is 0.469 e. The first-order chi connectivity index (χ1) is 15.1. The highest BCUT2D eigenvalue weighted by atomic mass is 16.3. The van der Waals surface area contributed by atoms with E-state index in [0.29, 0.717) is 12.8 Å². The number of nitrogens with zero attached hydrogens (tertiary/aromatic N) is 2. The van der Waals surface area contributed by atoms with Gasteiger partial charge in [-0.2, -0.15) is 4.57 Å². The summed E-state index contributed by atoms with van der Waals surface area (Å²) in [6, 6.07) is 19.9. The summed E-state index contributed by atoms with van der Waals surface area (Å²) in [5, 5.41) is 3.40. The van der Waals surface area contributed by atoms with Crippen molar-refractivity contribution in [3.05, 3.63) is 101 Å². The molecule has 0 bridgehead atoms. The van der Waals surface area contributed by atoms with Gasteiger partial charge in [0.05, 0.1) is 12.7 Å². The first-order valence-corrected chi connectivity index (χ1v) is 10.5. The summed E-state index contributed by atoms with van der Waals surface area (Å²) in [5.41, 5.74) is 6.18. The molecule has 0 saturated carbocycles. The highest BCUT2D eigenvalue weighted by molar-refractivity contribution is 5.82. The predicted octanol–water partition coefficient (Wildman–Crippen LogP) is 4.51. The van der Waals surface area contributed by atoms with Gasteiger partial charge in [-0.1, -0.05) is 47.5 Å². The molecule has 1 atom stereocenters. The Morgan fingerprint density at radius 3 is 2.52 bits per heavy atom. The third-order valence-electron chi connectivity index (χ3n) is 5.58. The molecule has 31 heavy (non-hydrogen) atoms. The number of carbonyl (C=O) groups excluding carboxylic acids is 1. The molecule has 0 radical (unpaired) electrons. The van der Waals surface area contributed by atoms with Crippen LogP contribution in [0.2, 0.25) is 0 Å². The molecule has 0 amide bonds. The molecular weight excluding hydrogens is 386 g/mol. The maximum Gasteiger partial charge on any atom is 0.359 e. The summed E-state index contributed by atoms with van der Waals surface area (Å²) in [6.45, 7) is 4.15. The molecule has 1 aliphatic heterocycles. The van der Waals surface area contributed by atoms with E-state index in [0.717, 1.165) is 34.1 Å². The van der Waals surface area contributed by atoms with Crippen LogP contribution in [0.15, 0.2) is 77.5 Å². The number of hydrogen-bond acceptors (Lipinski definition) is 4. The second-order valence-corrected chi connectivity index (χ2v) is 8.15. The van der Waals surface area contributed by atoms with Crippen LogP contribution >= 0.6 is 0 Å². The van der Waals surface area contributed by atoms with Crippen LogP contribution in [-0.4, -0.2) is 16.9 Å². The van der Waals surface area contributed by atoms with Crippen molar-refractivity contribution >= 4 is 11.7 Å². The highest BCUT2D eigenvalue weighted by Crippen LogP contribution is 2.26. The number of anilines is 1. The van der Waals surface area contributed by atoms with E-state index in [1.807, 2.05) is 36.5 Å². The molecule has 2 aromatic heterocycles. The summed E-state index contributed by atoms with van der Waals surface area (Å²) in [5.74, 6) is 1.55. The number of benzene rings is 2. The van der Waals surface area contributed by atoms with E-state index < -0.39 is 0 Å². The molecule has 154 valence electrons. The van der Waals surface area contributed by atoms with Crippen molar-refractivity contribution in [1.29, 1.82) is 0 Å². The van der Waals surface area contributed by atoms with Crippen molar-refractivity contribution in [3.8, 4) is 11.3 Å². The van der Waals surface area contributed by atoms with Crippen LogP contribution in [0.25, 0.3) is 11.3 Å². The Bertz CT molecular complexity index is 1230. The number of fused-ring (bicyclic) bond motifs is 1. The van der Waals surface area contributed by atoms with Crippen molar-refractivity contribution in [1.82, 2.24) is 4.98 Å². The average Bonchev–Trinajstić information content (AvgIpc) is 3.37. The zero-order valence-electron chi connectivity index (χ0n) is 17.6. The van der Waals surface area contributed by atoms with E-state index in [-0.39, 0.29) is 11.9 Å². The van der Waals surface area contributed by atoms with Crippen molar-refractivity contribution in [2.75, 3.05) is 5.32 Å². The number of aryl methyl sites for hydroxylation is 2. The SMILES string of the molecule is Cc1cc(C)cc(-c2c[n+]3c(c(Cc4ccccc4)n2)NC(Cc2ccco2)C3=O)c1. The van der Waals surface area contributed by atoms with Gasteiger partial charge >= 0.3 is 11.7 Å². The molecule has 0 aliphatic carbocycles. The summed E-state index contributed by atoms with van der Waals surface area (Å²) >= 11 is 0. The fraction of sp³-hybridized carbons (Fsp3) is 0.192. The monoisotopic (exact) mass is 410 g/mol. The van der Waals surface area contributed by atoms with Gasteiger partial charge in [-0.25, -0.2) is 9.78 Å². The van der Waals surface area contributed by atoms with Crippen LogP contribution in [0.1, 0.15) is 32.9 Å². The van der Waals surface area contributed by atoms with Gasteiger partial charge in [0.2, 0.25) is 6.04 Å². The van der Waals surface area contributed by atoms with E-state index in [9.17, 15) is 4.79 Å². The maximum atomic E-state index is 13.3. The number of nitrogens with one attached hydrogen (secondary N) is 1. The van der Waals surface area contributed by atoms with E-state index >= 15 is 0 Å². The fourth-order valence-corrected chi connectivity index (χ4v) is 4.22. The minimum atomic E-state index is -0.378. The summed E-state index contributed by atoms with van der Waals surface area (Å²) in [4.78, 5) is 18.3. The van der Waals surface area contributed by atoms with Gasteiger partial charge in [0.25, 0.3) is 0 Å². The molecule has 5 rings (SSSR count). The minimum Gasteiger partial charge on any atom is -0.469 e. The molecule has 3 heterocycles. The lowest BCUT2D eigenvalue weighted by Crippen LogP contribution is -2.44. The van der Waals surface area contributed by atoms with Gasteiger partial charge in [-0.3, -0.25) is 5.32 Å². The normalized spacial score (nSPS) is 15.0. The molecule has 0 spiro atoms. The van der Waals surface area contributed by atoms with Crippen molar-refractivity contribution in [2.45, 2.75) is 32.7 Å². The van der Waals surface area contributed by atoms with Crippen LogP contribution in [0.3, 0.4) is 0 Å². The lowest BCUT2D eigenvalue weighted by molar-refractivity contribution is -0.552. The molecule has 1 unspecified atom stereocenters. The van der Waals surface area contributed by atoms with Gasteiger partial charge in [0.1, 0.15) is 23.3 Å². The Morgan fingerprint density at radius 1 is 1.03 bits per heavy atom. The molecule has 2 aromatic carbocycles. The summed E-state index contributed by atoms with van der Waals surface area (Å²) < 4.78 is 7.20. The lowest BCUT2D eigenvalue weighted by atomic mass is 10.0. The third-order valence-corrected chi connectivity index (χ3v) is 5.58. The van der Waals surface area contributed by atoms with Crippen molar-refractivity contribution < 1.29 is 13.8 Å². The molecule has 0 fully saturated rings. The minimum absolute atomic E-state index is 0.00809. The van der Waals surface area contributed by atoms with Gasteiger partial charge in [0, 0.05) is 12.0 Å². The smallest absolute Gasteiger partial charge is 0.359 e. The van der Waals surface area contributed by atoms with E-state index in [1.165, 1.54) is 11.1 Å². The van der Waals surface area contributed by atoms with Gasteiger partial charge < -0.3 is 4.42 Å². The fourth-order valence-electron chi connectivity index (χ4n) is 4.22. The molecule has 1 N–H and O–H groups in total. The topological polar surface area (TPSA) is 59.0 Å². The second-order valence-electron chi connectivity index (χ2n) is 8.15. The Hall–Kier alpha value is -3.73. The van der Waals surface area contributed by atoms with Crippen molar-refractivity contribution in [3.63, 3.8) is 0 Å². The zero-order valence-corrected chi connectivity index (χ0v) is 17.6. The van der Waals surface area contributed by atoms with Crippen LogP contribution in [-0.2, 0) is 12.8 Å². The summed E-state index contributed by atoms with van der Waals surface area (Å²) in [7, 11) is 0. The Labute approximate surface area is 181 Å². The van der Waals surface area contributed by atoms with Crippen LogP contribution in [0.5, 0.6) is 0 Å². The van der Waals surface area contributed by atoms with Gasteiger partial charge in [0.15, 0.2) is 0 Å². The average molecular weight is 410 g/mol. The molecule has 1 aliphatic rings. The van der Waals surface area contributed by atoms with Crippen LogP contribution in [0, 0.1) is 13.8 Å². The van der Waals surface area contributed by atoms with Crippen LogP contribution < -0.4 is 9.88 Å². The molecule has 5 heteroatoms. The Kier molecular flexibility index (Phi) is 4.86. The molecule has 4 aromatic rings. The first kappa shape index (κ1) is 19.2. The number of carbonyl (C=O) groups is 1. The Balaban J connectivity index is 1.59. The van der Waals surface area contributed by atoms with E-state index in [2.05, 4.69) is 49.5 Å². The first-order valence-electron chi connectivity index (χ1n) is 10.5. The van der Waals surface area contributed by atoms with E-state index in [4.69, 9.17) is 9.40 Å². The molecule has 5 nitrogen and oxygen atoms in total. The highest BCUT2D eigenvalue weighted by Gasteiger charge is 2.41. The second kappa shape index (κ2) is 7.84.